The van der Waals surface area contributed by atoms with E-state index in [1.165, 1.54) is 4.31 Å². The maximum absolute atomic E-state index is 12.5. The van der Waals surface area contributed by atoms with Crippen LogP contribution in [0, 0.1) is 0 Å². The zero-order chi connectivity index (χ0) is 16.4. The maximum atomic E-state index is 12.5. The molecule has 1 aromatic rings. The van der Waals surface area contributed by atoms with E-state index in [9.17, 15) is 13.2 Å². The third-order valence-electron chi connectivity index (χ3n) is 4.43. The van der Waals surface area contributed by atoms with Crippen LogP contribution in [0.15, 0.2) is 24.3 Å². The van der Waals surface area contributed by atoms with Crippen molar-refractivity contribution in [2.45, 2.75) is 44.8 Å². The number of anilines is 1. The third kappa shape index (κ3) is 3.29. The fourth-order valence-corrected chi connectivity index (χ4v) is 4.25. The lowest BCUT2D eigenvalue weighted by Gasteiger charge is -2.34. The molecular weight excluding hydrogens is 316 g/mol. The molecule has 1 fully saturated rings. The molecule has 1 aliphatic carbocycles. The fraction of sp³-hybridized carbons (Fsp3) is 0.562. The van der Waals surface area contributed by atoms with E-state index in [0.29, 0.717) is 11.4 Å². The van der Waals surface area contributed by atoms with Crippen LogP contribution in [-0.2, 0) is 14.8 Å². The van der Waals surface area contributed by atoms with E-state index in [1.54, 1.807) is 31.2 Å². The second-order valence-electron chi connectivity index (χ2n) is 6.00. The van der Waals surface area contributed by atoms with Crippen LogP contribution in [0.5, 0.6) is 5.75 Å². The van der Waals surface area contributed by atoms with E-state index < -0.39 is 16.1 Å². The van der Waals surface area contributed by atoms with Crippen LogP contribution in [-0.4, -0.2) is 38.8 Å². The van der Waals surface area contributed by atoms with Crippen molar-refractivity contribution in [2.24, 2.45) is 0 Å². The van der Waals surface area contributed by atoms with E-state index in [-0.39, 0.29) is 24.2 Å². The molecule has 0 unspecified atom stereocenters. The minimum Gasteiger partial charge on any atom is -0.476 e. The summed E-state index contributed by atoms with van der Waals surface area (Å²) < 4.78 is 31.8. The molecule has 0 radical (unpaired) electrons. The number of rotatable bonds is 4. The number of benzene rings is 1. The molecule has 23 heavy (non-hydrogen) atoms. The molecule has 126 valence electrons. The predicted octanol–water partition coefficient (Wildman–Crippen LogP) is 1.66. The summed E-state index contributed by atoms with van der Waals surface area (Å²) in [5.41, 5.74) is 0.499. The van der Waals surface area contributed by atoms with Gasteiger partial charge in [0.15, 0.2) is 6.10 Å². The first-order valence-electron chi connectivity index (χ1n) is 8.07. The SMILES string of the molecule is CCS(=O)(=O)N1C[C@@H](C(=O)NC2CCCC2)Oc2ccccc21. The van der Waals surface area contributed by atoms with Crippen molar-refractivity contribution in [3.63, 3.8) is 0 Å². The van der Waals surface area contributed by atoms with Crippen molar-refractivity contribution < 1.29 is 17.9 Å². The molecule has 7 heteroatoms. The second-order valence-corrected chi connectivity index (χ2v) is 8.18. The van der Waals surface area contributed by atoms with Gasteiger partial charge in [-0.2, -0.15) is 0 Å². The average molecular weight is 338 g/mol. The Morgan fingerprint density at radius 1 is 1.30 bits per heavy atom. The normalized spacial score (nSPS) is 21.6. The number of nitrogens with one attached hydrogen (secondary N) is 1. The number of carbonyl (C=O) groups excluding carboxylic acids is 1. The Bertz CT molecular complexity index is 683. The minimum absolute atomic E-state index is 0.0156. The van der Waals surface area contributed by atoms with E-state index in [2.05, 4.69) is 5.32 Å². The highest BCUT2D eigenvalue weighted by Crippen LogP contribution is 2.35. The summed E-state index contributed by atoms with van der Waals surface area (Å²) in [7, 11) is -3.46. The van der Waals surface area contributed by atoms with Gasteiger partial charge in [-0.25, -0.2) is 8.42 Å². The standard InChI is InChI=1S/C16H22N2O4S/c1-2-23(20,21)18-11-15(16(19)17-12-7-3-4-8-12)22-14-10-6-5-9-13(14)18/h5-6,9-10,12,15H,2-4,7-8,11H2,1H3,(H,17,19)/t15-/m0/s1. The fourth-order valence-electron chi connectivity index (χ4n) is 3.12. The Morgan fingerprint density at radius 3 is 2.70 bits per heavy atom. The van der Waals surface area contributed by atoms with E-state index in [4.69, 9.17) is 4.74 Å². The Morgan fingerprint density at radius 2 is 2.00 bits per heavy atom. The van der Waals surface area contributed by atoms with Gasteiger partial charge in [0.1, 0.15) is 5.75 Å². The average Bonchev–Trinajstić information content (AvgIpc) is 3.06. The molecule has 1 amide bonds. The van der Waals surface area contributed by atoms with Crippen LogP contribution < -0.4 is 14.4 Å². The third-order valence-corrected chi connectivity index (χ3v) is 6.18. The van der Waals surface area contributed by atoms with E-state index >= 15 is 0 Å². The van der Waals surface area contributed by atoms with Gasteiger partial charge in [-0.3, -0.25) is 9.10 Å². The highest BCUT2D eigenvalue weighted by molar-refractivity contribution is 7.92. The number of carbonyl (C=O) groups is 1. The summed E-state index contributed by atoms with van der Waals surface area (Å²) in [6, 6.07) is 7.11. The quantitative estimate of drug-likeness (QED) is 0.906. The zero-order valence-corrected chi connectivity index (χ0v) is 14.0. The molecule has 1 atom stereocenters. The molecular formula is C16H22N2O4S. The maximum Gasteiger partial charge on any atom is 0.263 e. The van der Waals surface area contributed by atoms with Crippen molar-refractivity contribution in [1.82, 2.24) is 5.32 Å². The van der Waals surface area contributed by atoms with Crippen molar-refractivity contribution in [3.05, 3.63) is 24.3 Å². The van der Waals surface area contributed by atoms with Gasteiger partial charge in [0.2, 0.25) is 10.0 Å². The summed E-state index contributed by atoms with van der Waals surface area (Å²) in [6.07, 6.45) is 3.38. The molecule has 1 saturated carbocycles. The van der Waals surface area contributed by atoms with Gasteiger partial charge in [0, 0.05) is 6.04 Å². The Balaban J connectivity index is 1.83. The number of hydrogen-bond acceptors (Lipinski definition) is 4. The van der Waals surface area contributed by atoms with Crippen LogP contribution in [0.25, 0.3) is 0 Å². The molecule has 0 bridgehead atoms. The molecule has 2 aliphatic rings. The summed E-state index contributed by atoms with van der Waals surface area (Å²) in [4.78, 5) is 12.5. The number of ether oxygens (including phenoxy) is 1. The highest BCUT2D eigenvalue weighted by atomic mass is 32.2. The molecule has 0 saturated heterocycles. The van der Waals surface area contributed by atoms with E-state index in [0.717, 1.165) is 25.7 Å². The van der Waals surface area contributed by atoms with Gasteiger partial charge >= 0.3 is 0 Å². The smallest absolute Gasteiger partial charge is 0.263 e. The Kier molecular flexibility index (Phi) is 4.48. The predicted molar refractivity (Wildman–Crippen MR) is 88.1 cm³/mol. The van der Waals surface area contributed by atoms with Gasteiger partial charge < -0.3 is 10.1 Å². The van der Waals surface area contributed by atoms with Crippen LogP contribution >= 0.6 is 0 Å². The van der Waals surface area contributed by atoms with Crippen LogP contribution in [0.1, 0.15) is 32.6 Å². The van der Waals surface area contributed by atoms with Crippen molar-refractivity contribution in [3.8, 4) is 5.75 Å². The molecule has 1 heterocycles. The van der Waals surface area contributed by atoms with Crippen molar-refractivity contribution in [2.75, 3.05) is 16.6 Å². The number of nitrogens with zero attached hydrogens (tertiary/aromatic N) is 1. The molecule has 1 N–H and O–H groups in total. The van der Waals surface area contributed by atoms with Gasteiger partial charge in [-0.15, -0.1) is 0 Å². The number of hydrogen-bond donors (Lipinski definition) is 1. The lowest BCUT2D eigenvalue weighted by molar-refractivity contribution is -0.128. The Hall–Kier alpha value is -1.76. The zero-order valence-electron chi connectivity index (χ0n) is 13.2. The van der Waals surface area contributed by atoms with E-state index in [1.807, 2.05) is 0 Å². The van der Waals surface area contributed by atoms with Gasteiger partial charge in [0.05, 0.1) is 18.0 Å². The molecule has 1 aromatic carbocycles. The van der Waals surface area contributed by atoms with Gasteiger partial charge in [0.25, 0.3) is 5.91 Å². The number of sulfonamides is 1. The lowest BCUT2D eigenvalue weighted by Crippen LogP contribution is -2.52. The first-order valence-corrected chi connectivity index (χ1v) is 9.68. The number of para-hydroxylation sites is 2. The monoisotopic (exact) mass is 338 g/mol. The van der Waals surface area contributed by atoms with Crippen LogP contribution in [0.3, 0.4) is 0 Å². The van der Waals surface area contributed by atoms with Crippen LogP contribution in [0.2, 0.25) is 0 Å². The van der Waals surface area contributed by atoms with Gasteiger partial charge in [-0.05, 0) is 31.9 Å². The molecule has 3 rings (SSSR count). The molecule has 1 aliphatic heterocycles. The first-order chi connectivity index (χ1) is 11.0. The molecule has 0 aromatic heterocycles. The number of fused-ring (bicyclic) bond motifs is 1. The van der Waals surface area contributed by atoms with Crippen molar-refractivity contribution in [1.29, 1.82) is 0 Å². The van der Waals surface area contributed by atoms with Crippen molar-refractivity contribution >= 4 is 21.6 Å². The number of amides is 1. The summed E-state index contributed by atoms with van der Waals surface area (Å²) >= 11 is 0. The van der Waals surface area contributed by atoms with Crippen LogP contribution in [0.4, 0.5) is 5.69 Å². The topological polar surface area (TPSA) is 75.7 Å². The highest BCUT2D eigenvalue weighted by Gasteiger charge is 2.36. The molecule has 6 nitrogen and oxygen atoms in total. The summed E-state index contributed by atoms with van der Waals surface area (Å²) in [5, 5.41) is 2.98. The lowest BCUT2D eigenvalue weighted by atomic mass is 10.2. The minimum atomic E-state index is -3.46. The summed E-state index contributed by atoms with van der Waals surface area (Å²) in [6.45, 7) is 1.62. The second kappa shape index (κ2) is 6.39. The Labute approximate surface area is 136 Å². The molecule has 0 spiro atoms. The van der Waals surface area contributed by atoms with Gasteiger partial charge in [-0.1, -0.05) is 25.0 Å². The largest absolute Gasteiger partial charge is 0.476 e. The first kappa shape index (κ1) is 16.1. The summed E-state index contributed by atoms with van der Waals surface area (Å²) in [5.74, 6) is 0.184.